The van der Waals surface area contributed by atoms with Gasteiger partial charge in [0.15, 0.2) is 5.78 Å². The van der Waals surface area contributed by atoms with Gasteiger partial charge in [-0.3, -0.25) is 4.79 Å². The monoisotopic (exact) mass is 241 g/mol. The van der Waals surface area contributed by atoms with Crippen molar-refractivity contribution in [1.82, 2.24) is 0 Å². The molecule has 0 unspecified atom stereocenters. The van der Waals surface area contributed by atoms with Crippen molar-refractivity contribution in [2.45, 2.75) is 26.2 Å². The number of aromatic hydroxyl groups is 1. The van der Waals surface area contributed by atoms with Crippen LogP contribution in [0.1, 0.15) is 42.1 Å². The molecule has 4 heteroatoms. The maximum atomic E-state index is 11.7. The lowest BCUT2D eigenvalue weighted by Gasteiger charge is -2.12. The minimum absolute atomic E-state index is 0.0258. The highest BCUT2D eigenvalue weighted by Crippen LogP contribution is 2.32. The molecule has 3 nitrogen and oxygen atoms in total. The summed E-state index contributed by atoms with van der Waals surface area (Å²) in [6.07, 6.45) is 0.214. The molecule has 0 aliphatic carbocycles. The number of Topliss-reactive ketones (excluding diaryl/α,β-unsaturated/α-hetero) is 1. The van der Waals surface area contributed by atoms with Crippen LogP contribution in [0.2, 0.25) is 5.02 Å². The summed E-state index contributed by atoms with van der Waals surface area (Å²) in [7, 11) is 0. The summed E-state index contributed by atoms with van der Waals surface area (Å²) in [4.78, 5) is 11.7. The fraction of sp³-hybridized carbons (Fsp3) is 0.417. The number of phenols is 1. The zero-order valence-electron chi connectivity index (χ0n) is 9.46. The highest BCUT2D eigenvalue weighted by Gasteiger charge is 2.16. The molecule has 0 aromatic heterocycles. The molecule has 0 bridgehead atoms. The van der Waals surface area contributed by atoms with Crippen molar-refractivity contribution < 1.29 is 9.90 Å². The van der Waals surface area contributed by atoms with Gasteiger partial charge in [0, 0.05) is 11.4 Å². The number of hydrogen-bond donors (Lipinski definition) is 2. The van der Waals surface area contributed by atoms with Crippen LogP contribution in [0.15, 0.2) is 12.1 Å². The number of phenolic OH excluding ortho intramolecular Hbond substituents is 1. The van der Waals surface area contributed by atoms with Crippen molar-refractivity contribution in [3.05, 3.63) is 28.3 Å². The van der Waals surface area contributed by atoms with E-state index >= 15 is 0 Å². The first-order valence-corrected chi connectivity index (χ1v) is 5.60. The van der Waals surface area contributed by atoms with Gasteiger partial charge in [-0.25, -0.2) is 0 Å². The van der Waals surface area contributed by atoms with E-state index in [-0.39, 0.29) is 36.0 Å². The second-order valence-electron chi connectivity index (χ2n) is 4.01. The Bertz CT molecular complexity index is 402. The van der Waals surface area contributed by atoms with Crippen LogP contribution in [0.3, 0.4) is 0 Å². The van der Waals surface area contributed by atoms with Crippen molar-refractivity contribution in [3.8, 4) is 5.75 Å². The van der Waals surface area contributed by atoms with Crippen molar-refractivity contribution >= 4 is 17.4 Å². The standard InChI is InChI=1S/C12H16ClNO2/c1-7(2)9-5-8(13)6-10(12(9)16)11(15)3-4-14/h5-7,16H,3-4,14H2,1-2H3. The Morgan fingerprint density at radius 3 is 2.62 bits per heavy atom. The smallest absolute Gasteiger partial charge is 0.167 e. The van der Waals surface area contributed by atoms with E-state index in [2.05, 4.69) is 0 Å². The predicted octanol–water partition coefficient (Wildman–Crippen LogP) is 2.70. The molecule has 16 heavy (non-hydrogen) atoms. The molecule has 0 spiro atoms. The summed E-state index contributed by atoms with van der Waals surface area (Å²) in [5.41, 5.74) is 6.27. The minimum atomic E-state index is -0.176. The molecule has 0 aliphatic heterocycles. The Balaban J connectivity index is 3.24. The van der Waals surface area contributed by atoms with Crippen molar-refractivity contribution in [3.63, 3.8) is 0 Å². The largest absolute Gasteiger partial charge is 0.507 e. The van der Waals surface area contributed by atoms with Crippen LogP contribution in [0.4, 0.5) is 0 Å². The number of hydrogen-bond acceptors (Lipinski definition) is 3. The van der Waals surface area contributed by atoms with Gasteiger partial charge in [0.25, 0.3) is 0 Å². The molecule has 3 N–H and O–H groups in total. The SMILES string of the molecule is CC(C)c1cc(Cl)cc(C(=O)CCN)c1O. The lowest BCUT2D eigenvalue weighted by molar-refractivity contribution is 0.0982. The molecule has 1 aromatic rings. The summed E-state index contributed by atoms with van der Waals surface area (Å²) in [6.45, 7) is 4.13. The summed E-state index contributed by atoms with van der Waals surface area (Å²) in [5.74, 6) is -0.0367. The molecule has 0 atom stereocenters. The Labute approximate surface area is 100 Å². The minimum Gasteiger partial charge on any atom is -0.507 e. The summed E-state index contributed by atoms with van der Waals surface area (Å²) in [6, 6.07) is 3.17. The number of nitrogens with two attached hydrogens (primary N) is 1. The molecule has 0 radical (unpaired) electrons. The second kappa shape index (κ2) is 5.32. The molecule has 0 amide bonds. The number of benzene rings is 1. The lowest BCUT2D eigenvalue weighted by atomic mass is 9.96. The zero-order valence-corrected chi connectivity index (χ0v) is 10.2. The van der Waals surface area contributed by atoms with Gasteiger partial charge < -0.3 is 10.8 Å². The molecular formula is C12H16ClNO2. The van der Waals surface area contributed by atoms with Gasteiger partial charge in [-0.1, -0.05) is 25.4 Å². The predicted molar refractivity (Wildman–Crippen MR) is 65.2 cm³/mol. The van der Waals surface area contributed by atoms with Crippen LogP contribution < -0.4 is 5.73 Å². The molecule has 1 aromatic carbocycles. The quantitative estimate of drug-likeness (QED) is 0.797. The number of ketones is 1. The third kappa shape index (κ3) is 2.74. The van der Waals surface area contributed by atoms with Gasteiger partial charge in [-0.15, -0.1) is 0 Å². The maximum Gasteiger partial charge on any atom is 0.167 e. The van der Waals surface area contributed by atoms with Crippen LogP contribution in [-0.4, -0.2) is 17.4 Å². The van der Waals surface area contributed by atoms with Gasteiger partial charge in [0.05, 0.1) is 5.56 Å². The molecule has 1 rings (SSSR count). The summed E-state index contributed by atoms with van der Waals surface area (Å²) in [5, 5.41) is 10.4. The normalized spacial score (nSPS) is 10.8. The summed E-state index contributed by atoms with van der Waals surface area (Å²) < 4.78 is 0. The van der Waals surface area contributed by atoms with Crippen molar-refractivity contribution in [2.24, 2.45) is 5.73 Å². The number of carbonyl (C=O) groups is 1. The van der Waals surface area contributed by atoms with E-state index in [1.165, 1.54) is 6.07 Å². The molecule has 0 aliphatic rings. The van der Waals surface area contributed by atoms with Gasteiger partial charge in [-0.05, 0) is 30.2 Å². The molecular weight excluding hydrogens is 226 g/mol. The lowest BCUT2D eigenvalue weighted by Crippen LogP contribution is -2.09. The molecule has 0 heterocycles. The Morgan fingerprint density at radius 1 is 1.50 bits per heavy atom. The number of rotatable bonds is 4. The third-order valence-corrected chi connectivity index (χ3v) is 2.62. The van der Waals surface area contributed by atoms with Gasteiger partial charge in [0.2, 0.25) is 0 Å². The molecule has 0 fully saturated rings. The molecule has 0 saturated heterocycles. The topological polar surface area (TPSA) is 63.3 Å². The van der Waals surface area contributed by atoms with Crippen LogP contribution >= 0.6 is 11.6 Å². The molecule has 88 valence electrons. The van der Waals surface area contributed by atoms with E-state index in [9.17, 15) is 9.90 Å². The third-order valence-electron chi connectivity index (χ3n) is 2.40. The Morgan fingerprint density at radius 2 is 2.12 bits per heavy atom. The first-order chi connectivity index (χ1) is 7.47. The number of halogens is 1. The van der Waals surface area contributed by atoms with E-state index in [0.29, 0.717) is 10.6 Å². The highest BCUT2D eigenvalue weighted by atomic mass is 35.5. The average molecular weight is 242 g/mol. The van der Waals surface area contributed by atoms with Crippen molar-refractivity contribution in [1.29, 1.82) is 0 Å². The first-order valence-electron chi connectivity index (χ1n) is 5.23. The van der Waals surface area contributed by atoms with E-state index in [0.717, 1.165) is 0 Å². The van der Waals surface area contributed by atoms with Gasteiger partial charge >= 0.3 is 0 Å². The maximum absolute atomic E-state index is 11.7. The number of carbonyl (C=O) groups excluding carboxylic acids is 1. The average Bonchev–Trinajstić information content (AvgIpc) is 2.20. The zero-order chi connectivity index (χ0) is 12.3. The van der Waals surface area contributed by atoms with E-state index in [1.807, 2.05) is 13.8 Å². The fourth-order valence-electron chi connectivity index (χ4n) is 1.54. The van der Waals surface area contributed by atoms with Gasteiger partial charge in [-0.2, -0.15) is 0 Å². The molecule has 0 saturated carbocycles. The van der Waals surface area contributed by atoms with E-state index in [4.69, 9.17) is 17.3 Å². The Hall–Kier alpha value is -1.06. The Kier molecular flexibility index (Phi) is 4.33. The van der Waals surface area contributed by atoms with Crippen LogP contribution in [-0.2, 0) is 0 Å². The van der Waals surface area contributed by atoms with Gasteiger partial charge in [0.1, 0.15) is 5.75 Å². The van der Waals surface area contributed by atoms with Crippen LogP contribution in [0.25, 0.3) is 0 Å². The summed E-state index contributed by atoms with van der Waals surface area (Å²) >= 11 is 5.92. The van der Waals surface area contributed by atoms with Crippen LogP contribution in [0, 0.1) is 0 Å². The highest BCUT2D eigenvalue weighted by molar-refractivity contribution is 6.31. The van der Waals surface area contributed by atoms with E-state index < -0.39 is 0 Å². The van der Waals surface area contributed by atoms with E-state index in [1.54, 1.807) is 6.07 Å². The van der Waals surface area contributed by atoms with Crippen molar-refractivity contribution in [2.75, 3.05) is 6.54 Å². The fourth-order valence-corrected chi connectivity index (χ4v) is 1.77. The first kappa shape index (κ1) is 13.0. The van der Waals surface area contributed by atoms with Crippen LogP contribution in [0.5, 0.6) is 5.75 Å². The second-order valence-corrected chi connectivity index (χ2v) is 4.44.